The maximum atomic E-state index is 12.1. The van der Waals surface area contributed by atoms with Gasteiger partial charge < -0.3 is 9.47 Å². The van der Waals surface area contributed by atoms with Gasteiger partial charge in [0.25, 0.3) is 5.91 Å². The zero-order valence-corrected chi connectivity index (χ0v) is 20.2. The fourth-order valence-corrected chi connectivity index (χ4v) is 4.12. The SMILES string of the molecule is CCN(CC)c1ccc(/C=N/NC(=O)CSc2nnc(-c3cccc(Br)c3)n2C)cc1. The van der Waals surface area contributed by atoms with Gasteiger partial charge in [-0.05, 0) is 43.7 Å². The predicted octanol–water partition coefficient (Wildman–Crippen LogP) is 4.33. The molecule has 0 radical (unpaired) electrons. The molecule has 162 valence electrons. The number of benzene rings is 2. The average Bonchev–Trinajstić information content (AvgIpc) is 3.14. The maximum Gasteiger partial charge on any atom is 0.250 e. The molecule has 1 heterocycles. The van der Waals surface area contributed by atoms with Crippen LogP contribution in [0.1, 0.15) is 19.4 Å². The first kappa shape index (κ1) is 23.0. The fraction of sp³-hybridized carbons (Fsp3) is 0.273. The molecule has 2 aromatic carbocycles. The Morgan fingerprint density at radius 2 is 1.94 bits per heavy atom. The standard InChI is InChI=1S/C22H25BrN6OS/c1-4-29(5-2)19-11-9-16(10-12-19)14-24-25-20(30)15-31-22-27-26-21(28(22)3)17-7-6-8-18(23)13-17/h6-14H,4-5,15H2,1-3H3,(H,25,30)/b24-14+. The summed E-state index contributed by atoms with van der Waals surface area (Å²) in [4.78, 5) is 14.4. The quantitative estimate of drug-likeness (QED) is 0.268. The number of rotatable bonds is 9. The summed E-state index contributed by atoms with van der Waals surface area (Å²) in [7, 11) is 1.89. The Hall–Kier alpha value is -2.65. The molecule has 0 atom stereocenters. The molecule has 0 fully saturated rings. The monoisotopic (exact) mass is 500 g/mol. The fourth-order valence-electron chi connectivity index (χ4n) is 3.02. The van der Waals surface area contributed by atoms with Crippen LogP contribution in [0.2, 0.25) is 0 Å². The van der Waals surface area contributed by atoms with E-state index in [-0.39, 0.29) is 11.7 Å². The van der Waals surface area contributed by atoms with E-state index in [9.17, 15) is 4.79 Å². The molecule has 0 saturated heterocycles. The van der Waals surface area contributed by atoms with Gasteiger partial charge in [0.05, 0.1) is 12.0 Å². The van der Waals surface area contributed by atoms with Crippen molar-refractivity contribution in [2.24, 2.45) is 12.1 Å². The van der Waals surface area contributed by atoms with Gasteiger partial charge in [-0.25, -0.2) is 5.43 Å². The summed E-state index contributed by atoms with van der Waals surface area (Å²) in [5.41, 5.74) is 5.62. The Kier molecular flexibility index (Phi) is 8.25. The zero-order valence-electron chi connectivity index (χ0n) is 17.7. The van der Waals surface area contributed by atoms with E-state index in [0.717, 1.165) is 34.5 Å². The number of hydrazone groups is 1. The first-order valence-corrected chi connectivity index (χ1v) is 11.7. The molecule has 0 spiro atoms. The largest absolute Gasteiger partial charge is 0.372 e. The Balaban J connectivity index is 1.52. The molecule has 7 nitrogen and oxygen atoms in total. The first-order valence-electron chi connectivity index (χ1n) is 9.96. The number of anilines is 1. The highest BCUT2D eigenvalue weighted by atomic mass is 79.9. The smallest absolute Gasteiger partial charge is 0.250 e. The van der Waals surface area contributed by atoms with Crippen molar-refractivity contribution in [3.05, 3.63) is 58.6 Å². The van der Waals surface area contributed by atoms with Gasteiger partial charge in [0.1, 0.15) is 0 Å². The van der Waals surface area contributed by atoms with Crippen LogP contribution >= 0.6 is 27.7 Å². The number of amides is 1. The molecule has 31 heavy (non-hydrogen) atoms. The van der Waals surface area contributed by atoms with Crippen LogP contribution in [-0.4, -0.2) is 45.7 Å². The summed E-state index contributed by atoms with van der Waals surface area (Å²) in [6.45, 7) is 6.20. The van der Waals surface area contributed by atoms with E-state index < -0.39 is 0 Å². The van der Waals surface area contributed by atoms with Gasteiger partial charge in [0.2, 0.25) is 0 Å². The lowest BCUT2D eigenvalue weighted by Crippen LogP contribution is -2.21. The number of thioether (sulfide) groups is 1. The summed E-state index contributed by atoms with van der Waals surface area (Å²) in [5.74, 6) is 0.742. The van der Waals surface area contributed by atoms with Crippen molar-refractivity contribution in [2.45, 2.75) is 19.0 Å². The maximum absolute atomic E-state index is 12.1. The van der Waals surface area contributed by atoms with Gasteiger partial charge in [-0.15, -0.1) is 10.2 Å². The second-order valence-electron chi connectivity index (χ2n) is 6.72. The summed E-state index contributed by atoms with van der Waals surface area (Å²) in [6, 6.07) is 15.9. The third kappa shape index (κ3) is 6.18. The minimum atomic E-state index is -0.201. The van der Waals surface area contributed by atoms with E-state index in [1.165, 1.54) is 17.4 Å². The van der Waals surface area contributed by atoms with Gasteiger partial charge in [0.15, 0.2) is 11.0 Å². The van der Waals surface area contributed by atoms with Crippen molar-refractivity contribution >= 4 is 45.5 Å². The van der Waals surface area contributed by atoms with Crippen LogP contribution in [-0.2, 0) is 11.8 Å². The van der Waals surface area contributed by atoms with Crippen LogP contribution in [0.15, 0.2) is 63.3 Å². The molecule has 3 rings (SSSR count). The lowest BCUT2D eigenvalue weighted by molar-refractivity contribution is -0.118. The van der Waals surface area contributed by atoms with Gasteiger partial charge in [-0.3, -0.25) is 4.79 Å². The number of nitrogens with zero attached hydrogens (tertiary/aromatic N) is 5. The summed E-state index contributed by atoms with van der Waals surface area (Å²) in [5, 5.41) is 13.2. The van der Waals surface area contributed by atoms with Gasteiger partial charge in [-0.1, -0.05) is 52.0 Å². The summed E-state index contributed by atoms with van der Waals surface area (Å²) in [6.07, 6.45) is 1.64. The van der Waals surface area contributed by atoms with E-state index in [0.29, 0.717) is 5.16 Å². The van der Waals surface area contributed by atoms with Gasteiger partial charge in [-0.2, -0.15) is 5.10 Å². The molecule has 1 aromatic heterocycles. The molecular weight excluding hydrogens is 476 g/mol. The second kappa shape index (κ2) is 11.1. The third-order valence-electron chi connectivity index (χ3n) is 4.67. The molecule has 0 saturated carbocycles. The van der Waals surface area contributed by atoms with Crippen LogP contribution < -0.4 is 10.3 Å². The highest BCUT2D eigenvalue weighted by Gasteiger charge is 2.13. The molecule has 1 amide bonds. The molecular formula is C22H25BrN6OS. The van der Waals surface area contributed by atoms with Crippen molar-refractivity contribution in [2.75, 3.05) is 23.7 Å². The van der Waals surface area contributed by atoms with Crippen LogP contribution in [0.25, 0.3) is 11.4 Å². The minimum Gasteiger partial charge on any atom is -0.372 e. The van der Waals surface area contributed by atoms with Crippen molar-refractivity contribution < 1.29 is 4.79 Å². The predicted molar refractivity (Wildman–Crippen MR) is 131 cm³/mol. The second-order valence-corrected chi connectivity index (χ2v) is 8.58. The summed E-state index contributed by atoms with van der Waals surface area (Å²) < 4.78 is 2.85. The lowest BCUT2D eigenvalue weighted by Gasteiger charge is -2.20. The number of hydrogen-bond donors (Lipinski definition) is 1. The van der Waals surface area contributed by atoms with Crippen LogP contribution in [0.3, 0.4) is 0 Å². The Labute approximate surface area is 195 Å². The van der Waals surface area contributed by atoms with E-state index in [1.807, 2.05) is 48.0 Å². The molecule has 3 aromatic rings. The Morgan fingerprint density at radius 1 is 1.19 bits per heavy atom. The third-order valence-corrected chi connectivity index (χ3v) is 6.19. The van der Waals surface area contributed by atoms with Gasteiger partial charge in [0, 0.05) is 35.9 Å². The van der Waals surface area contributed by atoms with E-state index in [2.05, 4.69) is 67.5 Å². The molecule has 0 aliphatic rings. The van der Waals surface area contributed by atoms with Crippen molar-refractivity contribution in [3.63, 3.8) is 0 Å². The molecule has 0 unspecified atom stereocenters. The highest BCUT2D eigenvalue weighted by molar-refractivity contribution is 9.10. The van der Waals surface area contributed by atoms with E-state index >= 15 is 0 Å². The minimum absolute atomic E-state index is 0.197. The first-order chi connectivity index (χ1) is 15.0. The average molecular weight is 501 g/mol. The number of carbonyl (C=O) groups is 1. The zero-order chi connectivity index (χ0) is 22.2. The van der Waals surface area contributed by atoms with Crippen LogP contribution in [0.5, 0.6) is 0 Å². The molecule has 0 aliphatic heterocycles. The number of aromatic nitrogens is 3. The van der Waals surface area contributed by atoms with E-state index in [4.69, 9.17) is 0 Å². The van der Waals surface area contributed by atoms with E-state index in [1.54, 1.807) is 6.21 Å². The normalized spacial score (nSPS) is 11.1. The summed E-state index contributed by atoms with van der Waals surface area (Å²) >= 11 is 4.78. The van der Waals surface area contributed by atoms with Crippen molar-refractivity contribution in [1.82, 2.24) is 20.2 Å². The Morgan fingerprint density at radius 3 is 2.61 bits per heavy atom. The number of halogens is 1. The number of hydrogen-bond acceptors (Lipinski definition) is 6. The Bertz CT molecular complexity index is 1050. The molecule has 1 N–H and O–H groups in total. The number of carbonyl (C=O) groups excluding carboxylic acids is 1. The lowest BCUT2D eigenvalue weighted by atomic mass is 10.2. The van der Waals surface area contributed by atoms with Crippen molar-refractivity contribution in [1.29, 1.82) is 0 Å². The highest BCUT2D eigenvalue weighted by Crippen LogP contribution is 2.24. The van der Waals surface area contributed by atoms with Crippen molar-refractivity contribution in [3.8, 4) is 11.4 Å². The topological polar surface area (TPSA) is 75.4 Å². The molecule has 0 bridgehead atoms. The van der Waals surface area contributed by atoms with Gasteiger partial charge >= 0.3 is 0 Å². The van der Waals surface area contributed by atoms with Crippen LogP contribution in [0, 0.1) is 0 Å². The number of nitrogens with one attached hydrogen (secondary N) is 1. The van der Waals surface area contributed by atoms with Crippen LogP contribution in [0.4, 0.5) is 5.69 Å². The molecule has 0 aliphatic carbocycles. The molecule has 9 heteroatoms.